The highest BCUT2D eigenvalue weighted by atomic mass is 32.1. The number of thiophene rings is 1. The van der Waals surface area contributed by atoms with Crippen molar-refractivity contribution in [3.63, 3.8) is 0 Å². The summed E-state index contributed by atoms with van der Waals surface area (Å²) in [5.41, 5.74) is 6.21. The molecule has 5 nitrogen and oxygen atoms in total. The number of anilines is 1. The number of unbranched alkanes of at least 4 members (excludes halogenated alkanes) is 4. The number of nitrogens with one attached hydrogen (secondary N) is 1. The van der Waals surface area contributed by atoms with E-state index in [0.717, 1.165) is 32.1 Å². The third-order valence-electron chi connectivity index (χ3n) is 2.79. The third kappa shape index (κ3) is 6.24. The number of carbonyl (C=O) groups excluding carboxylic acids is 1. The van der Waals surface area contributed by atoms with Crippen molar-refractivity contribution < 1.29 is 14.7 Å². The number of hydrogen-bond acceptors (Lipinski definition) is 4. The monoisotopic (exact) mass is 284 g/mol. The normalized spacial score (nSPS) is 10.3. The number of carboxylic acids is 1. The lowest BCUT2D eigenvalue weighted by atomic mass is 10.1. The van der Waals surface area contributed by atoms with E-state index in [1.165, 1.54) is 11.3 Å². The molecule has 0 fully saturated rings. The molecule has 19 heavy (non-hydrogen) atoms. The van der Waals surface area contributed by atoms with Gasteiger partial charge in [0.15, 0.2) is 0 Å². The minimum absolute atomic E-state index is 0.121. The van der Waals surface area contributed by atoms with Crippen LogP contribution in [0.3, 0.4) is 0 Å². The molecule has 0 spiro atoms. The van der Waals surface area contributed by atoms with E-state index in [0.29, 0.717) is 17.1 Å². The molecule has 6 heteroatoms. The lowest BCUT2D eigenvalue weighted by Crippen LogP contribution is -2.24. The molecule has 0 aliphatic heterocycles. The average molecular weight is 284 g/mol. The maximum atomic E-state index is 11.7. The zero-order valence-corrected chi connectivity index (χ0v) is 11.7. The molecule has 1 aromatic heterocycles. The minimum Gasteiger partial charge on any atom is -0.481 e. The summed E-state index contributed by atoms with van der Waals surface area (Å²) in [4.78, 5) is 22.0. The highest BCUT2D eigenvalue weighted by molar-refractivity contribution is 7.14. The van der Waals surface area contributed by atoms with Crippen LogP contribution in [-0.2, 0) is 4.79 Å². The number of aliphatic carboxylic acids is 1. The number of rotatable bonds is 9. The largest absolute Gasteiger partial charge is 0.481 e. The highest BCUT2D eigenvalue weighted by Gasteiger charge is 2.09. The standard InChI is InChI=1S/C13H20N2O3S/c14-12-10(7-9-19-12)13(18)15-8-5-3-1-2-4-6-11(16)17/h7,9H,1-6,8,14H2,(H,15,18)(H,16,17). The lowest BCUT2D eigenvalue weighted by Gasteiger charge is -2.04. The second-order valence-electron chi connectivity index (χ2n) is 4.37. The van der Waals surface area contributed by atoms with Crippen molar-refractivity contribution in [1.29, 1.82) is 0 Å². The quantitative estimate of drug-likeness (QED) is 0.607. The Morgan fingerprint density at radius 3 is 2.53 bits per heavy atom. The zero-order valence-electron chi connectivity index (χ0n) is 10.9. The smallest absolute Gasteiger partial charge is 0.303 e. The van der Waals surface area contributed by atoms with Crippen molar-refractivity contribution in [2.24, 2.45) is 0 Å². The fourth-order valence-electron chi connectivity index (χ4n) is 1.74. The van der Waals surface area contributed by atoms with Gasteiger partial charge < -0.3 is 16.2 Å². The Balaban J connectivity index is 2.01. The molecule has 0 bridgehead atoms. The van der Waals surface area contributed by atoms with Gasteiger partial charge in [-0.3, -0.25) is 9.59 Å². The van der Waals surface area contributed by atoms with Gasteiger partial charge in [-0.25, -0.2) is 0 Å². The Hall–Kier alpha value is -1.56. The summed E-state index contributed by atoms with van der Waals surface area (Å²) in [6.07, 6.45) is 4.81. The van der Waals surface area contributed by atoms with E-state index in [4.69, 9.17) is 10.8 Å². The summed E-state index contributed by atoms with van der Waals surface area (Å²) in [7, 11) is 0. The number of amides is 1. The van der Waals surface area contributed by atoms with Crippen LogP contribution in [-0.4, -0.2) is 23.5 Å². The van der Waals surface area contributed by atoms with E-state index >= 15 is 0 Å². The second-order valence-corrected chi connectivity index (χ2v) is 5.31. The maximum Gasteiger partial charge on any atom is 0.303 e. The van der Waals surface area contributed by atoms with Gasteiger partial charge in [-0.05, 0) is 24.3 Å². The predicted octanol–water partition coefficient (Wildman–Crippen LogP) is 2.49. The van der Waals surface area contributed by atoms with Crippen LogP contribution in [0, 0.1) is 0 Å². The topological polar surface area (TPSA) is 92.4 Å². The lowest BCUT2D eigenvalue weighted by molar-refractivity contribution is -0.137. The van der Waals surface area contributed by atoms with Crippen LogP contribution in [0.1, 0.15) is 48.9 Å². The SMILES string of the molecule is Nc1sccc1C(=O)NCCCCCCCC(=O)O. The first-order valence-corrected chi connectivity index (χ1v) is 7.32. The molecule has 1 amide bonds. The molecule has 0 saturated heterocycles. The van der Waals surface area contributed by atoms with E-state index in [9.17, 15) is 9.59 Å². The van der Waals surface area contributed by atoms with Crippen molar-refractivity contribution >= 4 is 28.2 Å². The van der Waals surface area contributed by atoms with Crippen LogP contribution in [0.4, 0.5) is 5.00 Å². The second kappa shape index (κ2) is 8.53. The molecule has 0 radical (unpaired) electrons. The molecular formula is C13H20N2O3S. The van der Waals surface area contributed by atoms with Crippen LogP contribution >= 0.6 is 11.3 Å². The van der Waals surface area contributed by atoms with Crippen LogP contribution in [0.2, 0.25) is 0 Å². The van der Waals surface area contributed by atoms with Crippen LogP contribution < -0.4 is 11.1 Å². The minimum atomic E-state index is -0.736. The van der Waals surface area contributed by atoms with Gasteiger partial charge in [-0.15, -0.1) is 11.3 Å². The van der Waals surface area contributed by atoms with E-state index < -0.39 is 5.97 Å². The van der Waals surface area contributed by atoms with Gasteiger partial charge in [-0.2, -0.15) is 0 Å². The molecule has 0 unspecified atom stereocenters. The van der Waals surface area contributed by atoms with Crippen LogP contribution in [0.5, 0.6) is 0 Å². The van der Waals surface area contributed by atoms with Gasteiger partial charge in [-0.1, -0.05) is 19.3 Å². The number of carboxylic acid groups (broad SMARTS) is 1. The summed E-state index contributed by atoms with van der Waals surface area (Å²) in [5.74, 6) is -0.856. The van der Waals surface area contributed by atoms with Crippen molar-refractivity contribution in [2.75, 3.05) is 12.3 Å². The Bertz CT molecular complexity index is 418. The van der Waals surface area contributed by atoms with E-state index in [1.54, 1.807) is 11.4 Å². The van der Waals surface area contributed by atoms with Crippen molar-refractivity contribution in [2.45, 2.75) is 38.5 Å². The van der Waals surface area contributed by atoms with Crippen molar-refractivity contribution in [3.05, 3.63) is 17.0 Å². The molecule has 106 valence electrons. The van der Waals surface area contributed by atoms with Crippen molar-refractivity contribution in [1.82, 2.24) is 5.32 Å². The molecule has 1 heterocycles. The fourth-order valence-corrected chi connectivity index (χ4v) is 2.38. The van der Waals surface area contributed by atoms with Gasteiger partial charge in [0.05, 0.1) is 10.6 Å². The fraction of sp³-hybridized carbons (Fsp3) is 0.538. The summed E-state index contributed by atoms with van der Waals surface area (Å²) in [6.45, 7) is 0.632. The van der Waals surface area contributed by atoms with Gasteiger partial charge >= 0.3 is 5.97 Å². The first-order valence-electron chi connectivity index (χ1n) is 6.44. The number of nitrogen functional groups attached to an aromatic ring is 1. The molecule has 1 aromatic rings. The van der Waals surface area contributed by atoms with Gasteiger partial charge in [0.1, 0.15) is 0 Å². The Morgan fingerprint density at radius 1 is 1.21 bits per heavy atom. The van der Waals surface area contributed by atoms with Crippen LogP contribution in [0.25, 0.3) is 0 Å². The zero-order chi connectivity index (χ0) is 14.1. The van der Waals surface area contributed by atoms with Crippen LogP contribution in [0.15, 0.2) is 11.4 Å². The van der Waals surface area contributed by atoms with Crippen molar-refractivity contribution in [3.8, 4) is 0 Å². The van der Waals surface area contributed by atoms with Gasteiger partial charge in [0.25, 0.3) is 5.91 Å². The van der Waals surface area contributed by atoms with E-state index in [1.807, 2.05) is 0 Å². The molecule has 0 saturated carbocycles. The van der Waals surface area contributed by atoms with Gasteiger partial charge in [0.2, 0.25) is 0 Å². The van der Waals surface area contributed by atoms with E-state index in [-0.39, 0.29) is 12.3 Å². The Morgan fingerprint density at radius 2 is 1.89 bits per heavy atom. The first-order chi connectivity index (χ1) is 9.11. The molecular weight excluding hydrogens is 264 g/mol. The number of hydrogen-bond donors (Lipinski definition) is 3. The molecule has 0 aromatic carbocycles. The summed E-state index contributed by atoms with van der Waals surface area (Å²) < 4.78 is 0. The predicted molar refractivity (Wildman–Crippen MR) is 76.4 cm³/mol. The number of nitrogens with two attached hydrogens (primary N) is 1. The van der Waals surface area contributed by atoms with E-state index in [2.05, 4.69) is 5.32 Å². The summed E-state index contributed by atoms with van der Waals surface area (Å²) in [6, 6.07) is 1.72. The number of carbonyl (C=O) groups is 2. The maximum absolute atomic E-state index is 11.7. The third-order valence-corrected chi connectivity index (χ3v) is 3.54. The highest BCUT2D eigenvalue weighted by Crippen LogP contribution is 2.18. The average Bonchev–Trinajstić information content (AvgIpc) is 2.78. The molecule has 0 aliphatic rings. The Labute approximate surface area is 116 Å². The molecule has 1 rings (SSSR count). The summed E-state index contributed by atoms with van der Waals surface area (Å²) >= 11 is 1.36. The Kier molecular flexibility index (Phi) is 6.95. The molecule has 0 atom stereocenters. The summed E-state index contributed by atoms with van der Waals surface area (Å²) in [5, 5.41) is 13.6. The van der Waals surface area contributed by atoms with Gasteiger partial charge in [0, 0.05) is 13.0 Å². The molecule has 4 N–H and O–H groups in total. The first kappa shape index (κ1) is 15.5. The molecule has 0 aliphatic carbocycles.